The molecule has 0 bridgehead atoms. The lowest BCUT2D eigenvalue weighted by atomic mass is 10.2. The summed E-state index contributed by atoms with van der Waals surface area (Å²) in [5.74, 6) is -2.30. The maximum atomic E-state index is 13.2. The second kappa shape index (κ2) is 7.92. The highest BCUT2D eigenvalue weighted by Gasteiger charge is 2.13. The molecule has 3 aromatic rings. The van der Waals surface area contributed by atoms with E-state index in [-0.39, 0.29) is 27.8 Å². The number of carbonyl (C=O) groups excluding carboxylic acids is 2. The summed E-state index contributed by atoms with van der Waals surface area (Å²) in [5, 5.41) is 4.88. The van der Waals surface area contributed by atoms with Crippen molar-refractivity contribution >= 4 is 34.8 Å². The zero-order valence-corrected chi connectivity index (χ0v) is 14.4. The molecule has 3 rings (SSSR count). The highest BCUT2D eigenvalue weighted by molar-refractivity contribution is 6.31. The Morgan fingerprint density at radius 3 is 2.00 bits per heavy atom. The lowest BCUT2D eigenvalue weighted by Gasteiger charge is -2.08. The van der Waals surface area contributed by atoms with Gasteiger partial charge in [0, 0.05) is 11.4 Å². The number of nitrogens with one attached hydrogen (secondary N) is 2. The van der Waals surface area contributed by atoms with Gasteiger partial charge in [-0.05, 0) is 48.5 Å². The second-order valence-electron chi connectivity index (χ2n) is 5.46. The minimum Gasteiger partial charge on any atom is -0.321 e. The lowest BCUT2D eigenvalue weighted by molar-refractivity contribution is 0.101. The number of aromatic nitrogens is 1. The van der Waals surface area contributed by atoms with Gasteiger partial charge < -0.3 is 10.6 Å². The molecule has 0 aliphatic rings. The monoisotopic (exact) mass is 387 g/mol. The highest BCUT2D eigenvalue weighted by atomic mass is 35.5. The van der Waals surface area contributed by atoms with Gasteiger partial charge in [-0.15, -0.1) is 0 Å². The Bertz CT molecular complexity index is 1030. The van der Waals surface area contributed by atoms with Crippen LogP contribution in [0.25, 0.3) is 0 Å². The van der Waals surface area contributed by atoms with E-state index in [2.05, 4.69) is 15.6 Å². The van der Waals surface area contributed by atoms with Gasteiger partial charge in [0.15, 0.2) is 0 Å². The predicted molar refractivity (Wildman–Crippen MR) is 98.0 cm³/mol. The zero-order valence-electron chi connectivity index (χ0n) is 13.7. The maximum Gasteiger partial charge on any atom is 0.274 e. The summed E-state index contributed by atoms with van der Waals surface area (Å²) < 4.78 is 26.4. The third-order valence-corrected chi connectivity index (χ3v) is 3.76. The van der Waals surface area contributed by atoms with Crippen LogP contribution in [0.5, 0.6) is 0 Å². The largest absolute Gasteiger partial charge is 0.321 e. The summed E-state index contributed by atoms with van der Waals surface area (Å²) in [6.45, 7) is 0. The number of nitrogens with zero attached hydrogens (tertiary/aromatic N) is 1. The molecule has 2 aromatic carbocycles. The molecule has 0 saturated carbocycles. The Morgan fingerprint density at radius 2 is 1.41 bits per heavy atom. The van der Waals surface area contributed by atoms with E-state index in [9.17, 15) is 18.4 Å². The topological polar surface area (TPSA) is 71.1 Å². The third kappa shape index (κ3) is 4.65. The van der Waals surface area contributed by atoms with Crippen LogP contribution < -0.4 is 10.6 Å². The van der Waals surface area contributed by atoms with Crippen molar-refractivity contribution in [3.05, 3.63) is 88.7 Å². The van der Waals surface area contributed by atoms with Crippen LogP contribution in [-0.4, -0.2) is 16.8 Å². The van der Waals surface area contributed by atoms with Crippen molar-refractivity contribution in [2.24, 2.45) is 0 Å². The molecule has 27 heavy (non-hydrogen) atoms. The lowest BCUT2D eigenvalue weighted by Crippen LogP contribution is -2.18. The van der Waals surface area contributed by atoms with Crippen LogP contribution in [0.3, 0.4) is 0 Å². The number of rotatable bonds is 4. The van der Waals surface area contributed by atoms with Crippen LogP contribution >= 0.6 is 11.6 Å². The van der Waals surface area contributed by atoms with Crippen molar-refractivity contribution in [1.29, 1.82) is 0 Å². The molecule has 5 nitrogen and oxygen atoms in total. The highest BCUT2D eigenvalue weighted by Crippen LogP contribution is 2.20. The molecule has 136 valence electrons. The SMILES string of the molecule is O=C(Nc1cccc(F)c1)c1cccc(C(=O)Nc2ccc(F)c(Cl)c2)n1. The zero-order chi connectivity index (χ0) is 19.4. The minimum absolute atomic E-state index is 0.0240. The second-order valence-corrected chi connectivity index (χ2v) is 5.86. The summed E-state index contributed by atoms with van der Waals surface area (Å²) in [4.78, 5) is 28.6. The van der Waals surface area contributed by atoms with Gasteiger partial charge in [-0.1, -0.05) is 23.7 Å². The van der Waals surface area contributed by atoms with Crippen molar-refractivity contribution < 1.29 is 18.4 Å². The summed E-state index contributed by atoms with van der Waals surface area (Å²) in [6.07, 6.45) is 0. The molecule has 0 aliphatic carbocycles. The van der Waals surface area contributed by atoms with Gasteiger partial charge in [0.1, 0.15) is 23.0 Å². The van der Waals surface area contributed by atoms with Gasteiger partial charge >= 0.3 is 0 Å². The molecule has 0 spiro atoms. The number of anilines is 2. The Kier molecular flexibility index (Phi) is 5.42. The standard InChI is InChI=1S/C19H12ClF2N3O2/c20-14-10-13(7-8-15(14)22)24-19(27)17-6-2-5-16(25-17)18(26)23-12-4-1-3-11(21)9-12/h1-10H,(H,23,26)(H,24,27). The molecule has 8 heteroatoms. The number of hydrogen-bond donors (Lipinski definition) is 2. The van der Waals surface area contributed by atoms with E-state index in [1.165, 1.54) is 48.5 Å². The molecular formula is C19H12ClF2N3O2. The smallest absolute Gasteiger partial charge is 0.274 e. The van der Waals surface area contributed by atoms with Crippen molar-refractivity contribution in [3.63, 3.8) is 0 Å². The molecule has 1 aromatic heterocycles. The Balaban J connectivity index is 1.75. The van der Waals surface area contributed by atoms with E-state index < -0.39 is 23.4 Å². The van der Waals surface area contributed by atoms with Gasteiger partial charge in [0.2, 0.25) is 0 Å². The number of halogens is 3. The van der Waals surface area contributed by atoms with Crippen molar-refractivity contribution in [2.45, 2.75) is 0 Å². The van der Waals surface area contributed by atoms with E-state index in [1.807, 2.05) is 0 Å². The average molecular weight is 388 g/mol. The first-order valence-corrected chi connectivity index (χ1v) is 8.10. The van der Waals surface area contributed by atoms with Gasteiger partial charge in [-0.2, -0.15) is 0 Å². The molecule has 0 radical (unpaired) electrons. The Morgan fingerprint density at radius 1 is 0.815 bits per heavy atom. The fraction of sp³-hybridized carbons (Fsp3) is 0. The van der Waals surface area contributed by atoms with E-state index >= 15 is 0 Å². The first kappa shape index (κ1) is 18.5. The van der Waals surface area contributed by atoms with Crippen molar-refractivity contribution in [1.82, 2.24) is 4.98 Å². The molecule has 0 atom stereocenters. The van der Waals surface area contributed by atoms with Crippen LogP contribution in [0.1, 0.15) is 21.0 Å². The minimum atomic E-state index is -0.608. The number of hydrogen-bond acceptors (Lipinski definition) is 3. The van der Waals surface area contributed by atoms with Gasteiger partial charge in [0.05, 0.1) is 5.02 Å². The van der Waals surface area contributed by atoms with E-state index in [0.29, 0.717) is 0 Å². The maximum absolute atomic E-state index is 13.2. The van der Waals surface area contributed by atoms with E-state index in [4.69, 9.17) is 11.6 Å². The summed E-state index contributed by atoms with van der Waals surface area (Å²) in [7, 11) is 0. The normalized spacial score (nSPS) is 10.3. The van der Waals surface area contributed by atoms with Gasteiger partial charge in [-0.3, -0.25) is 9.59 Å². The van der Waals surface area contributed by atoms with Crippen LogP contribution in [-0.2, 0) is 0 Å². The molecule has 1 heterocycles. The molecule has 0 unspecified atom stereocenters. The van der Waals surface area contributed by atoms with Crippen LogP contribution in [0, 0.1) is 11.6 Å². The first-order chi connectivity index (χ1) is 12.9. The number of amides is 2. The molecule has 2 amide bonds. The van der Waals surface area contributed by atoms with E-state index in [1.54, 1.807) is 0 Å². The van der Waals surface area contributed by atoms with E-state index in [0.717, 1.165) is 12.1 Å². The molecular weight excluding hydrogens is 376 g/mol. The fourth-order valence-corrected chi connectivity index (χ4v) is 2.40. The van der Waals surface area contributed by atoms with Crippen molar-refractivity contribution in [3.8, 4) is 0 Å². The number of benzene rings is 2. The van der Waals surface area contributed by atoms with Crippen LogP contribution in [0.4, 0.5) is 20.2 Å². The molecule has 0 saturated heterocycles. The van der Waals surface area contributed by atoms with Crippen LogP contribution in [0.15, 0.2) is 60.7 Å². The summed E-state index contributed by atoms with van der Waals surface area (Å²) in [5.41, 5.74) is 0.492. The average Bonchev–Trinajstić information content (AvgIpc) is 2.65. The summed E-state index contributed by atoms with van der Waals surface area (Å²) in [6, 6.07) is 13.4. The number of carbonyl (C=O) groups is 2. The first-order valence-electron chi connectivity index (χ1n) is 7.73. The predicted octanol–water partition coefficient (Wildman–Crippen LogP) is 4.52. The Hall–Kier alpha value is -3.32. The molecule has 0 fully saturated rings. The quantitative estimate of drug-likeness (QED) is 0.691. The fourth-order valence-electron chi connectivity index (χ4n) is 2.22. The summed E-state index contributed by atoms with van der Waals surface area (Å²) >= 11 is 5.68. The van der Waals surface area contributed by atoms with Gasteiger partial charge in [-0.25, -0.2) is 13.8 Å². The number of pyridine rings is 1. The molecule has 2 N–H and O–H groups in total. The Labute approximate surface area is 158 Å². The third-order valence-electron chi connectivity index (χ3n) is 3.47. The molecule has 0 aliphatic heterocycles. The van der Waals surface area contributed by atoms with Crippen molar-refractivity contribution in [2.75, 3.05) is 10.6 Å². The van der Waals surface area contributed by atoms with Crippen LogP contribution in [0.2, 0.25) is 5.02 Å². The van der Waals surface area contributed by atoms with Gasteiger partial charge in [0.25, 0.3) is 11.8 Å².